The first-order valence-corrected chi connectivity index (χ1v) is 7.89. The molecular weight excluding hydrogens is 356 g/mol. The maximum atomic E-state index is 12.7. The number of rotatable bonds is 5. The van der Waals surface area contributed by atoms with Gasteiger partial charge in [-0.2, -0.15) is 0 Å². The van der Waals surface area contributed by atoms with Crippen molar-refractivity contribution in [3.63, 3.8) is 0 Å². The number of methoxy groups -OCH3 is 2. The summed E-state index contributed by atoms with van der Waals surface area (Å²) in [5.41, 5.74) is -1.46. The first-order valence-electron chi connectivity index (χ1n) is 7.89. The van der Waals surface area contributed by atoms with Crippen LogP contribution in [0.3, 0.4) is 0 Å². The zero-order valence-corrected chi connectivity index (χ0v) is 14.5. The number of urea groups is 1. The van der Waals surface area contributed by atoms with E-state index in [0.29, 0.717) is 0 Å². The Labute approximate surface area is 154 Å². The number of phenolic OH excluding ortho intramolecular Hbond substituents is 2. The second kappa shape index (κ2) is 6.69. The van der Waals surface area contributed by atoms with Gasteiger partial charge < -0.3 is 30.1 Å². The number of phenols is 2. The van der Waals surface area contributed by atoms with Crippen molar-refractivity contribution < 1.29 is 34.4 Å². The average Bonchev–Trinajstić information content (AvgIpc) is 2.96. The number of nitrogens with one attached hydrogen (secondary N) is 2. The molecule has 1 heterocycles. The first-order chi connectivity index (χ1) is 12.8. The minimum Gasteiger partial charge on any atom is -0.504 e. The number of carbonyl (C=O) groups excluding carboxylic acids is 2. The van der Waals surface area contributed by atoms with E-state index in [1.807, 2.05) is 0 Å². The Morgan fingerprint density at radius 3 is 2.11 bits per heavy atom. The van der Waals surface area contributed by atoms with Crippen LogP contribution in [0.4, 0.5) is 4.79 Å². The molecule has 1 saturated heterocycles. The SMILES string of the molecule is COc1cc([C@@H](O)[C@]2(c3ccc(O)c(OC)c3)NC(=O)NC2=O)ccc1O. The molecule has 27 heavy (non-hydrogen) atoms. The Morgan fingerprint density at radius 2 is 1.56 bits per heavy atom. The third-order valence-corrected chi connectivity index (χ3v) is 4.46. The molecule has 0 radical (unpaired) electrons. The molecule has 3 rings (SSSR count). The summed E-state index contributed by atoms with van der Waals surface area (Å²) in [5, 5.41) is 35.2. The van der Waals surface area contributed by atoms with Crippen molar-refractivity contribution in [2.24, 2.45) is 0 Å². The number of aliphatic hydroxyl groups is 1. The van der Waals surface area contributed by atoms with Gasteiger partial charge in [-0.05, 0) is 35.4 Å². The van der Waals surface area contributed by atoms with Gasteiger partial charge in [-0.1, -0.05) is 12.1 Å². The summed E-state index contributed by atoms with van der Waals surface area (Å²) >= 11 is 0. The highest BCUT2D eigenvalue weighted by Crippen LogP contribution is 2.42. The Balaban J connectivity index is 2.17. The third-order valence-electron chi connectivity index (χ3n) is 4.46. The van der Waals surface area contributed by atoms with Crippen molar-refractivity contribution in [1.82, 2.24) is 10.6 Å². The molecule has 9 nitrogen and oxygen atoms in total. The van der Waals surface area contributed by atoms with Crippen LogP contribution in [-0.4, -0.2) is 41.5 Å². The highest BCUT2D eigenvalue weighted by Gasteiger charge is 2.54. The molecule has 0 spiro atoms. The molecule has 2 aromatic carbocycles. The molecule has 2 atom stereocenters. The molecule has 142 valence electrons. The number of carbonyl (C=O) groups is 2. The van der Waals surface area contributed by atoms with E-state index >= 15 is 0 Å². The van der Waals surface area contributed by atoms with Crippen LogP contribution in [-0.2, 0) is 10.3 Å². The van der Waals surface area contributed by atoms with Crippen LogP contribution < -0.4 is 20.1 Å². The Bertz CT molecular complexity index is 915. The van der Waals surface area contributed by atoms with Gasteiger partial charge in [0, 0.05) is 0 Å². The first kappa shape index (κ1) is 18.3. The highest BCUT2D eigenvalue weighted by atomic mass is 16.5. The molecule has 1 aliphatic heterocycles. The van der Waals surface area contributed by atoms with E-state index < -0.39 is 23.6 Å². The quantitative estimate of drug-likeness (QED) is 0.490. The maximum Gasteiger partial charge on any atom is 0.322 e. The van der Waals surface area contributed by atoms with E-state index in [0.717, 1.165) is 0 Å². The normalized spacial score (nSPS) is 20.0. The van der Waals surface area contributed by atoms with E-state index in [1.54, 1.807) is 0 Å². The van der Waals surface area contributed by atoms with Gasteiger partial charge in [0.05, 0.1) is 14.2 Å². The third kappa shape index (κ3) is 2.87. The van der Waals surface area contributed by atoms with Crippen LogP contribution in [0.5, 0.6) is 23.0 Å². The predicted octanol–water partition coefficient (Wildman–Crippen LogP) is 0.883. The summed E-state index contributed by atoms with van der Waals surface area (Å²) in [4.78, 5) is 24.6. The van der Waals surface area contributed by atoms with Crippen LogP contribution in [0.2, 0.25) is 0 Å². The van der Waals surface area contributed by atoms with Crippen molar-refractivity contribution in [2.45, 2.75) is 11.6 Å². The lowest BCUT2D eigenvalue weighted by Gasteiger charge is -2.32. The minimum absolute atomic E-state index is 0.0660. The minimum atomic E-state index is -1.87. The van der Waals surface area contributed by atoms with Crippen LogP contribution in [0.25, 0.3) is 0 Å². The van der Waals surface area contributed by atoms with Crippen LogP contribution in [0, 0.1) is 0 Å². The molecule has 2 aromatic rings. The summed E-state index contributed by atoms with van der Waals surface area (Å²) in [5.74, 6) is -0.929. The van der Waals surface area contributed by atoms with Crippen LogP contribution >= 0.6 is 0 Å². The summed E-state index contributed by atoms with van der Waals surface area (Å²) in [7, 11) is 2.68. The van der Waals surface area contributed by atoms with Gasteiger partial charge in [-0.15, -0.1) is 0 Å². The molecule has 5 N–H and O–H groups in total. The average molecular weight is 374 g/mol. The molecule has 0 aliphatic carbocycles. The van der Waals surface area contributed by atoms with Crippen molar-refractivity contribution in [2.75, 3.05) is 14.2 Å². The van der Waals surface area contributed by atoms with Gasteiger partial charge in [-0.25, -0.2) is 4.79 Å². The van der Waals surface area contributed by atoms with E-state index in [2.05, 4.69) is 10.6 Å². The molecule has 1 fully saturated rings. The molecule has 9 heteroatoms. The number of aromatic hydroxyl groups is 2. The van der Waals surface area contributed by atoms with Gasteiger partial charge in [0.25, 0.3) is 5.91 Å². The highest BCUT2D eigenvalue weighted by molar-refractivity contribution is 6.08. The molecule has 0 unspecified atom stereocenters. The van der Waals surface area contributed by atoms with Crippen molar-refractivity contribution in [3.8, 4) is 23.0 Å². The van der Waals surface area contributed by atoms with Gasteiger partial charge in [0.15, 0.2) is 28.5 Å². The fourth-order valence-electron chi connectivity index (χ4n) is 3.06. The summed E-state index contributed by atoms with van der Waals surface area (Å²) in [6, 6.07) is 7.31. The molecule has 0 aromatic heterocycles. The van der Waals surface area contributed by atoms with Gasteiger partial charge >= 0.3 is 6.03 Å². The number of ether oxygens (including phenoxy) is 2. The number of imide groups is 1. The number of amides is 3. The maximum absolute atomic E-state index is 12.7. The number of hydrogen-bond acceptors (Lipinski definition) is 7. The van der Waals surface area contributed by atoms with E-state index in [4.69, 9.17) is 9.47 Å². The monoisotopic (exact) mass is 374 g/mol. The summed E-state index contributed by atoms with van der Waals surface area (Å²) in [6.07, 6.45) is -1.53. The second-order valence-electron chi connectivity index (χ2n) is 5.94. The number of hydrogen-bond donors (Lipinski definition) is 5. The number of benzene rings is 2. The lowest BCUT2D eigenvalue weighted by atomic mass is 9.81. The van der Waals surface area contributed by atoms with E-state index in [-0.39, 0.29) is 34.1 Å². The van der Waals surface area contributed by atoms with E-state index in [9.17, 15) is 24.9 Å². The standard InChI is InChI=1S/C18H18N2O7/c1-26-13-7-9(3-5-11(13)21)15(23)18(16(24)19-17(25)20-18)10-4-6-12(22)14(8-10)27-2/h3-8,15,21-23H,1-2H3,(H2,19,20,24,25)/t15-,18+/m1/s1. The Hall–Kier alpha value is -3.46. The largest absolute Gasteiger partial charge is 0.504 e. The summed E-state index contributed by atoms with van der Waals surface area (Å²) < 4.78 is 10.1. The fraction of sp³-hybridized carbons (Fsp3) is 0.222. The lowest BCUT2D eigenvalue weighted by molar-refractivity contribution is -0.128. The number of aliphatic hydroxyl groups excluding tert-OH is 1. The van der Waals surface area contributed by atoms with Crippen molar-refractivity contribution in [1.29, 1.82) is 0 Å². The lowest BCUT2D eigenvalue weighted by Crippen LogP contribution is -2.49. The zero-order chi connectivity index (χ0) is 19.8. The Kier molecular flexibility index (Phi) is 4.54. The molecule has 0 bridgehead atoms. The molecular formula is C18H18N2O7. The van der Waals surface area contributed by atoms with Crippen molar-refractivity contribution >= 4 is 11.9 Å². The van der Waals surface area contributed by atoms with Gasteiger partial charge in [0.1, 0.15) is 6.10 Å². The smallest absolute Gasteiger partial charge is 0.322 e. The van der Waals surface area contributed by atoms with Crippen LogP contribution in [0.15, 0.2) is 36.4 Å². The van der Waals surface area contributed by atoms with E-state index in [1.165, 1.54) is 50.6 Å². The molecule has 0 saturated carbocycles. The molecule has 1 aliphatic rings. The zero-order valence-electron chi connectivity index (χ0n) is 14.5. The molecule has 3 amide bonds. The van der Waals surface area contributed by atoms with Gasteiger partial charge in [-0.3, -0.25) is 10.1 Å². The topological polar surface area (TPSA) is 137 Å². The van der Waals surface area contributed by atoms with Crippen molar-refractivity contribution in [3.05, 3.63) is 47.5 Å². The van der Waals surface area contributed by atoms with Crippen LogP contribution in [0.1, 0.15) is 17.2 Å². The second-order valence-corrected chi connectivity index (χ2v) is 5.94. The fourth-order valence-corrected chi connectivity index (χ4v) is 3.06. The predicted molar refractivity (Wildman–Crippen MR) is 92.6 cm³/mol. The Morgan fingerprint density at radius 1 is 0.963 bits per heavy atom. The summed E-state index contributed by atoms with van der Waals surface area (Å²) in [6.45, 7) is 0. The van der Waals surface area contributed by atoms with Gasteiger partial charge in [0.2, 0.25) is 0 Å².